The number of ether oxygens (including phenoxy) is 1. The van der Waals surface area contributed by atoms with Gasteiger partial charge in [0.2, 0.25) is 0 Å². The van der Waals surface area contributed by atoms with Gasteiger partial charge in [0.1, 0.15) is 0 Å². The summed E-state index contributed by atoms with van der Waals surface area (Å²) in [4.78, 5) is 0. The molecule has 0 aliphatic carbocycles. The third-order valence-corrected chi connectivity index (χ3v) is 4.32. The van der Waals surface area contributed by atoms with Crippen molar-refractivity contribution in [3.05, 3.63) is 34.3 Å². The average molecular weight is 298 g/mol. The van der Waals surface area contributed by atoms with E-state index in [1.165, 1.54) is 11.1 Å². The number of hydrogen-bond acceptors (Lipinski definition) is 2. The van der Waals surface area contributed by atoms with E-state index in [0.29, 0.717) is 6.04 Å². The minimum Gasteiger partial charge on any atom is -0.379 e. The second kappa shape index (κ2) is 8.02. The molecule has 0 aliphatic heterocycles. The van der Waals surface area contributed by atoms with Gasteiger partial charge in [-0.25, -0.2) is 0 Å². The lowest BCUT2D eigenvalue weighted by molar-refractivity contribution is 0.0116. The zero-order valence-corrected chi connectivity index (χ0v) is 14.2. The Bertz CT molecular complexity index is 417. The first kappa shape index (κ1) is 17.5. The number of benzene rings is 1. The Kier molecular flexibility index (Phi) is 7.01. The minimum atomic E-state index is -0.0847. The first-order valence-corrected chi connectivity index (χ1v) is 7.82. The SMILES string of the molecule is CCCNC(CCC(C)(C)OC)c1cccc(Cl)c1C. The first-order chi connectivity index (χ1) is 9.41. The quantitative estimate of drug-likeness (QED) is 0.737. The highest BCUT2D eigenvalue weighted by Crippen LogP contribution is 2.29. The summed E-state index contributed by atoms with van der Waals surface area (Å²) in [6.45, 7) is 9.57. The highest BCUT2D eigenvalue weighted by atomic mass is 35.5. The average Bonchev–Trinajstić information content (AvgIpc) is 2.43. The van der Waals surface area contributed by atoms with E-state index in [2.05, 4.69) is 39.1 Å². The molecule has 1 aromatic carbocycles. The molecule has 1 unspecified atom stereocenters. The molecule has 0 amide bonds. The lowest BCUT2D eigenvalue weighted by atomic mass is 9.92. The maximum atomic E-state index is 6.26. The van der Waals surface area contributed by atoms with Crippen LogP contribution < -0.4 is 5.32 Å². The topological polar surface area (TPSA) is 21.3 Å². The fraction of sp³-hybridized carbons (Fsp3) is 0.647. The van der Waals surface area contributed by atoms with Crippen LogP contribution in [0.3, 0.4) is 0 Å². The van der Waals surface area contributed by atoms with E-state index in [1.807, 2.05) is 12.1 Å². The number of rotatable bonds is 8. The van der Waals surface area contributed by atoms with Crippen molar-refractivity contribution < 1.29 is 4.74 Å². The summed E-state index contributed by atoms with van der Waals surface area (Å²) >= 11 is 6.26. The van der Waals surface area contributed by atoms with Gasteiger partial charge in [-0.2, -0.15) is 0 Å². The van der Waals surface area contributed by atoms with E-state index in [-0.39, 0.29) is 5.60 Å². The molecule has 1 atom stereocenters. The number of methoxy groups -OCH3 is 1. The molecule has 0 fully saturated rings. The molecule has 0 spiro atoms. The molecule has 114 valence electrons. The maximum absolute atomic E-state index is 6.26. The van der Waals surface area contributed by atoms with Crippen molar-refractivity contribution in [1.82, 2.24) is 5.32 Å². The van der Waals surface area contributed by atoms with Crippen LogP contribution in [0.4, 0.5) is 0 Å². The summed E-state index contributed by atoms with van der Waals surface area (Å²) in [6.07, 6.45) is 3.18. The number of hydrogen-bond donors (Lipinski definition) is 1. The Hall–Kier alpha value is -0.570. The Morgan fingerprint density at radius 2 is 2.05 bits per heavy atom. The lowest BCUT2D eigenvalue weighted by Crippen LogP contribution is -2.28. The third-order valence-electron chi connectivity index (χ3n) is 3.91. The van der Waals surface area contributed by atoms with Crippen molar-refractivity contribution in [2.75, 3.05) is 13.7 Å². The molecule has 1 aromatic rings. The maximum Gasteiger partial charge on any atom is 0.0623 e. The zero-order valence-electron chi connectivity index (χ0n) is 13.4. The molecule has 20 heavy (non-hydrogen) atoms. The van der Waals surface area contributed by atoms with Gasteiger partial charge < -0.3 is 10.1 Å². The van der Waals surface area contributed by atoms with Crippen LogP contribution in [0.1, 0.15) is 57.2 Å². The van der Waals surface area contributed by atoms with Crippen LogP contribution in [0.5, 0.6) is 0 Å². The summed E-state index contributed by atoms with van der Waals surface area (Å²) in [5.41, 5.74) is 2.40. The van der Waals surface area contributed by atoms with Crippen LogP contribution in [0.2, 0.25) is 5.02 Å². The summed E-state index contributed by atoms with van der Waals surface area (Å²) in [5, 5.41) is 4.48. The molecule has 0 heterocycles. The predicted octanol–water partition coefficient (Wildman–Crippen LogP) is 4.89. The fourth-order valence-corrected chi connectivity index (χ4v) is 2.46. The molecule has 0 saturated carbocycles. The van der Waals surface area contributed by atoms with Crippen molar-refractivity contribution in [1.29, 1.82) is 0 Å². The van der Waals surface area contributed by atoms with E-state index < -0.39 is 0 Å². The van der Waals surface area contributed by atoms with E-state index in [0.717, 1.165) is 30.8 Å². The molecular formula is C17H28ClNO. The Morgan fingerprint density at radius 1 is 1.35 bits per heavy atom. The van der Waals surface area contributed by atoms with Crippen LogP contribution >= 0.6 is 11.6 Å². The number of nitrogens with one attached hydrogen (secondary N) is 1. The van der Waals surface area contributed by atoms with Crippen LogP contribution in [-0.2, 0) is 4.74 Å². The summed E-state index contributed by atoms with van der Waals surface area (Å²) in [7, 11) is 1.78. The summed E-state index contributed by atoms with van der Waals surface area (Å²) in [5.74, 6) is 0. The van der Waals surface area contributed by atoms with Crippen molar-refractivity contribution >= 4 is 11.6 Å². The van der Waals surface area contributed by atoms with Gasteiger partial charge >= 0.3 is 0 Å². The smallest absolute Gasteiger partial charge is 0.0623 e. The van der Waals surface area contributed by atoms with Crippen molar-refractivity contribution in [3.63, 3.8) is 0 Å². The molecule has 0 saturated heterocycles. The third kappa shape index (κ3) is 5.08. The van der Waals surface area contributed by atoms with Gasteiger partial charge in [-0.3, -0.25) is 0 Å². The van der Waals surface area contributed by atoms with Crippen LogP contribution in [0, 0.1) is 6.92 Å². The monoisotopic (exact) mass is 297 g/mol. The van der Waals surface area contributed by atoms with Gasteiger partial charge in [0.15, 0.2) is 0 Å². The van der Waals surface area contributed by atoms with Crippen molar-refractivity contribution in [2.45, 2.75) is 58.6 Å². The molecule has 3 heteroatoms. The lowest BCUT2D eigenvalue weighted by Gasteiger charge is -2.27. The molecule has 0 aliphatic rings. The van der Waals surface area contributed by atoms with E-state index in [1.54, 1.807) is 7.11 Å². The summed E-state index contributed by atoms with van der Waals surface area (Å²) < 4.78 is 5.53. The van der Waals surface area contributed by atoms with Gasteiger partial charge in [-0.1, -0.05) is 30.7 Å². The van der Waals surface area contributed by atoms with Gasteiger partial charge in [-0.15, -0.1) is 0 Å². The highest BCUT2D eigenvalue weighted by molar-refractivity contribution is 6.31. The van der Waals surface area contributed by atoms with Crippen LogP contribution in [0.25, 0.3) is 0 Å². The largest absolute Gasteiger partial charge is 0.379 e. The van der Waals surface area contributed by atoms with Crippen molar-refractivity contribution in [3.8, 4) is 0 Å². The number of halogens is 1. The van der Waals surface area contributed by atoms with Crippen LogP contribution in [-0.4, -0.2) is 19.3 Å². The Labute approximate surface area is 128 Å². The molecule has 1 N–H and O–H groups in total. The molecule has 0 aromatic heterocycles. The fourth-order valence-electron chi connectivity index (χ4n) is 2.28. The molecule has 1 rings (SSSR count). The normalized spacial score (nSPS) is 13.5. The van der Waals surface area contributed by atoms with E-state index in [9.17, 15) is 0 Å². The molecule has 0 radical (unpaired) electrons. The highest BCUT2D eigenvalue weighted by Gasteiger charge is 2.21. The van der Waals surface area contributed by atoms with Gasteiger partial charge in [0, 0.05) is 18.2 Å². The summed E-state index contributed by atoms with van der Waals surface area (Å²) in [6, 6.07) is 6.50. The second-order valence-electron chi connectivity index (χ2n) is 5.96. The van der Waals surface area contributed by atoms with Gasteiger partial charge in [0.25, 0.3) is 0 Å². The van der Waals surface area contributed by atoms with E-state index in [4.69, 9.17) is 16.3 Å². The Balaban J connectivity index is 2.86. The molecule has 2 nitrogen and oxygen atoms in total. The molecular weight excluding hydrogens is 270 g/mol. The van der Waals surface area contributed by atoms with Crippen LogP contribution in [0.15, 0.2) is 18.2 Å². The predicted molar refractivity (Wildman–Crippen MR) is 87.5 cm³/mol. The minimum absolute atomic E-state index is 0.0847. The van der Waals surface area contributed by atoms with Gasteiger partial charge in [0.05, 0.1) is 5.60 Å². The zero-order chi connectivity index (χ0) is 15.2. The van der Waals surface area contributed by atoms with Crippen molar-refractivity contribution in [2.24, 2.45) is 0 Å². The Morgan fingerprint density at radius 3 is 2.65 bits per heavy atom. The second-order valence-corrected chi connectivity index (χ2v) is 6.37. The standard InChI is InChI=1S/C17H28ClNO/c1-6-12-19-16(10-11-17(3,4)20-5)14-8-7-9-15(18)13(14)2/h7-9,16,19H,6,10-12H2,1-5H3. The first-order valence-electron chi connectivity index (χ1n) is 7.45. The van der Waals surface area contributed by atoms with Gasteiger partial charge in [-0.05, 0) is 63.8 Å². The van der Waals surface area contributed by atoms with E-state index >= 15 is 0 Å². The molecule has 0 bridgehead atoms.